The Morgan fingerprint density at radius 1 is 1.04 bits per heavy atom. The van der Waals surface area contributed by atoms with E-state index in [1.54, 1.807) is 36.4 Å². The molecule has 1 unspecified atom stereocenters. The maximum absolute atomic E-state index is 14.1. The number of nitrogens with zero attached hydrogens (tertiary/aromatic N) is 3. The number of carbonyl (C=O) groups excluding carboxylic acids is 4. The zero-order valence-electron chi connectivity index (χ0n) is 26.0. The third-order valence-electron chi connectivity index (χ3n) is 7.45. The molecule has 1 aromatic heterocycles. The third-order valence-corrected chi connectivity index (χ3v) is 7.45. The molecule has 1 aliphatic heterocycles. The van der Waals surface area contributed by atoms with Crippen molar-refractivity contribution in [3.05, 3.63) is 84.3 Å². The highest BCUT2D eigenvalue weighted by molar-refractivity contribution is 5.98. The van der Waals surface area contributed by atoms with Crippen LogP contribution in [0.25, 0.3) is 0 Å². The lowest BCUT2D eigenvalue weighted by atomic mass is 9.98. The molecule has 0 saturated carbocycles. The van der Waals surface area contributed by atoms with Gasteiger partial charge in [-0.25, -0.2) is 9.78 Å². The van der Waals surface area contributed by atoms with Gasteiger partial charge in [-0.05, 0) is 51.2 Å². The van der Waals surface area contributed by atoms with Gasteiger partial charge in [0.15, 0.2) is 5.82 Å². The lowest BCUT2D eigenvalue weighted by Crippen LogP contribution is -2.56. The highest BCUT2D eigenvalue weighted by Gasteiger charge is 2.38. The van der Waals surface area contributed by atoms with Gasteiger partial charge in [0.05, 0.1) is 31.7 Å². The molecule has 12 nitrogen and oxygen atoms in total. The second-order valence-electron chi connectivity index (χ2n) is 11.6. The molecule has 2 heterocycles. The average Bonchev–Trinajstić information content (AvgIpc) is 3.48. The van der Waals surface area contributed by atoms with Gasteiger partial charge < -0.3 is 35.3 Å². The van der Waals surface area contributed by atoms with E-state index in [9.17, 15) is 19.2 Å². The van der Waals surface area contributed by atoms with Crippen molar-refractivity contribution < 1.29 is 28.7 Å². The zero-order chi connectivity index (χ0) is 32.4. The van der Waals surface area contributed by atoms with E-state index in [1.807, 2.05) is 60.7 Å². The molecular formula is C33H42N6O6. The Morgan fingerprint density at radius 2 is 1.73 bits per heavy atom. The Morgan fingerprint density at radius 3 is 2.40 bits per heavy atom. The van der Waals surface area contributed by atoms with Crippen LogP contribution in [0, 0.1) is 0 Å². The van der Waals surface area contributed by atoms with Crippen LogP contribution in [0.1, 0.15) is 57.2 Å². The number of amides is 3. The summed E-state index contributed by atoms with van der Waals surface area (Å²) >= 11 is 0. The summed E-state index contributed by atoms with van der Waals surface area (Å²) in [5.41, 5.74) is 6.34. The summed E-state index contributed by atoms with van der Waals surface area (Å²) in [6.45, 7) is 5.60. The van der Waals surface area contributed by atoms with E-state index in [-0.39, 0.29) is 31.5 Å². The summed E-state index contributed by atoms with van der Waals surface area (Å²) in [4.78, 5) is 58.9. The number of esters is 1. The van der Waals surface area contributed by atoms with E-state index in [4.69, 9.17) is 15.2 Å². The van der Waals surface area contributed by atoms with Gasteiger partial charge in [0.2, 0.25) is 5.91 Å². The van der Waals surface area contributed by atoms with Gasteiger partial charge in [0.1, 0.15) is 18.1 Å². The number of ether oxygens (including phenoxy) is 2. The van der Waals surface area contributed by atoms with E-state index in [0.29, 0.717) is 18.5 Å². The van der Waals surface area contributed by atoms with Crippen molar-refractivity contribution >= 4 is 29.5 Å². The summed E-state index contributed by atoms with van der Waals surface area (Å²) in [6.07, 6.45) is 5.12. The maximum Gasteiger partial charge on any atom is 0.328 e. The topological polar surface area (TPSA) is 158 Å². The number of carbonyl (C=O) groups is 4. The fraction of sp³-hybridized carbons (Fsp3) is 0.424. The number of imidazole rings is 1. The molecule has 0 spiro atoms. The normalized spacial score (nSPS) is 16.4. The Balaban J connectivity index is 1.54. The molecule has 3 aromatic rings. The Labute approximate surface area is 263 Å². The number of anilines is 1. The highest BCUT2D eigenvalue weighted by Crippen LogP contribution is 2.27. The first-order valence-corrected chi connectivity index (χ1v) is 15.2. The van der Waals surface area contributed by atoms with Gasteiger partial charge in [-0.15, -0.1) is 0 Å². The Kier molecular flexibility index (Phi) is 11.4. The van der Waals surface area contributed by atoms with Crippen LogP contribution in [0.3, 0.4) is 0 Å². The third kappa shape index (κ3) is 8.99. The maximum atomic E-state index is 14.1. The van der Waals surface area contributed by atoms with Crippen LogP contribution in [0.4, 0.5) is 5.82 Å². The lowest BCUT2D eigenvalue weighted by molar-refractivity contribution is -0.157. The molecule has 12 heteroatoms. The fourth-order valence-electron chi connectivity index (χ4n) is 5.07. The number of hydrogen-bond acceptors (Lipinski definition) is 8. The van der Waals surface area contributed by atoms with E-state index >= 15 is 0 Å². The number of benzene rings is 2. The second-order valence-corrected chi connectivity index (χ2v) is 11.6. The van der Waals surface area contributed by atoms with E-state index in [0.717, 1.165) is 18.4 Å². The van der Waals surface area contributed by atoms with Crippen molar-refractivity contribution in [2.75, 3.05) is 25.1 Å². The molecule has 3 amide bonds. The summed E-state index contributed by atoms with van der Waals surface area (Å²) in [6, 6.07) is 16.0. The molecule has 0 aliphatic carbocycles. The standard InChI is InChI=1S/C33H42N6O6/c1-4-45-31(42)26-17-11-12-18-39(26)30(41)28(24-15-9-6-10-16-24)38-19-27(35-22-38)37-29(40)25(36-32(43)33(2,3)34)21-44-20-23-13-7-5-8-14-23/h5-10,13-16,19,22,25-26,28H,4,11-12,17-18,20-21,34H2,1-3H3,(H,36,43)(H,37,40)/t25-,26-,28?/m1/s1. The fourth-order valence-corrected chi connectivity index (χ4v) is 5.07. The molecule has 240 valence electrons. The minimum Gasteiger partial charge on any atom is -0.464 e. The molecule has 1 saturated heterocycles. The van der Waals surface area contributed by atoms with E-state index < -0.39 is 41.4 Å². The quantitative estimate of drug-likeness (QED) is 0.247. The number of piperidine rings is 1. The predicted molar refractivity (Wildman–Crippen MR) is 168 cm³/mol. The van der Waals surface area contributed by atoms with E-state index in [2.05, 4.69) is 15.6 Å². The first-order valence-electron chi connectivity index (χ1n) is 15.2. The van der Waals surface area contributed by atoms with Crippen molar-refractivity contribution in [3.8, 4) is 0 Å². The Hall–Kier alpha value is -4.55. The predicted octanol–water partition coefficient (Wildman–Crippen LogP) is 2.79. The molecule has 2 aromatic carbocycles. The van der Waals surface area contributed by atoms with Crippen LogP contribution in [0.15, 0.2) is 73.2 Å². The van der Waals surface area contributed by atoms with Crippen LogP contribution in [0.2, 0.25) is 0 Å². The van der Waals surface area contributed by atoms with E-state index in [1.165, 1.54) is 6.33 Å². The SMILES string of the molecule is CCOC(=O)[C@H]1CCCCN1C(=O)C(c1ccccc1)n1cnc(NC(=O)[C@@H](COCc2ccccc2)NC(=O)C(C)(C)N)c1. The lowest BCUT2D eigenvalue weighted by Gasteiger charge is -2.36. The molecule has 4 N–H and O–H groups in total. The highest BCUT2D eigenvalue weighted by atomic mass is 16.5. The largest absolute Gasteiger partial charge is 0.464 e. The first-order chi connectivity index (χ1) is 21.6. The van der Waals surface area contributed by atoms with Gasteiger partial charge in [-0.2, -0.15) is 0 Å². The summed E-state index contributed by atoms with van der Waals surface area (Å²) in [7, 11) is 0. The molecular weight excluding hydrogens is 576 g/mol. The van der Waals surface area contributed by atoms with Crippen molar-refractivity contribution in [2.45, 2.75) is 70.3 Å². The van der Waals surface area contributed by atoms with Gasteiger partial charge >= 0.3 is 5.97 Å². The van der Waals surface area contributed by atoms with Gasteiger partial charge in [0, 0.05) is 12.7 Å². The summed E-state index contributed by atoms with van der Waals surface area (Å²) < 4.78 is 12.7. The van der Waals surface area contributed by atoms with Crippen molar-refractivity contribution in [1.29, 1.82) is 0 Å². The van der Waals surface area contributed by atoms with Crippen LogP contribution in [0.5, 0.6) is 0 Å². The minimum absolute atomic E-state index is 0.113. The number of nitrogens with one attached hydrogen (secondary N) is 2. The molecule has 0 bridgehead atoms. The molecule has 45 heavy (non-hydrogen) atoms. The van der Waals surface area contributed by atoms with Crippen molar-refractivity contribution in [2.24, 2.45) is 5.73 Å². The van der Waals surface area contributed by atoms with Crippen LogP contribution >= 0.6 is 0 Å². The number of hydrogen-bond donors (Lipinski definition) is 3. The monoisotopic (exact) mass is 618 g/mol. The molecule has 1 fully saturated rings. The molecule has 0 radical (unpaired) electrons. The van der Waals surface area contributed by atoms with Crippen molar-refractivity contribution in [3.63, 3.8) is 0 Å². The molecule has 3 atom stereocenters. The number of likely N-dealkylation sites (tertiary alicyclic amines) is 1. The van der Waals surface area contributed by atoms with Crippen LogP contribution < -0.4 is 16.4 Å². The number of rotatable bonds is 13. The summed E-state index contributed by atoms with van der Waals surface area (Å²) in [5, 5.41) is 5.40. The summed E-state index contributed by atoms with van der Waals surface area (Å²) in [5.74, 6) is -1.61. The van der Waals surface area contributed by atoms with Gasteiger partial charge in [0.25, 0.3) is 11.8 Å². The van der Waals surface area contributed by atoms with Crippen LogP contribution in [-0.4, -0.2) is 75.5 Å². The van der Waals surface area contributed by atoms with Crippen LogP contribution in [-0.2, 0) is 35.3 Å². The van der Waals surface area contributed by atoms with Gasteiger partial charge in [-0.3, -0.25) is 14.4 Å². The van der Waals surface area contributed by atoms with Crippen molar-refractivity contribution in [1.82, 2.24) is 19.8 Å². The molecule has 1 aliphatic rings. The zero-order valence-corrected chi connectivity index (χ0v) is 26.0. The second kappa shape index (κ2) is 15.4. The average molecular weight is 619 g/mol. The van der Waals surface area contributed by atoms with Gasteiger partial charge in [-0.1, -0.05) is 60.7 Å². The minimum atomic E-state index is -1.22. The smallest absolute Gasteiger partial charge is 0.328 e. The molecule has 4 rings (SSSR count). The number of nitrogens with two attached hydrogens (primary N) is 1. The number of aromatic nitrogens is 2. The Bertz CT molecular complexity index is 1440. The first kappa shape index (κ1) is 33.3.